The molecule has 0 aliphatic carbocycles. The summed E-state index contributed by atoms with van der Waals surface area (Å²) in [5.41, 5.74) is 2.13. The van der Waals surface area contributed by atoms with Crippen molar-refractivity contribution in [3.63, 3.8) is 0 Å². The fraction of sp³-hybridized carbons (Fsp3) is 0.0952. The van der Waals surface area contributed by atoms with Gasteiger partial charge in [-0.3, -0.25) is 4.79 Å². The van der Waals surface area contributed by atoms with Crippen LogP contribution in [0.1, 0.15) is 12.6 Å². The molecule has 27 heavy (non-hydrogen) atoms. The van der Waals surface area contributed by atoms with Gasteiger partial charge in [-0.2, -0.15) is 0 Å². The molecule has 1 radical (unpaired) electrons. The van der Waals surface area contributed by atoms with Gasteiger partial charge in [-0.25, -0.2) is 0 Å². The molecule has 0 spiro atoms. The third-order valence-electron chi connectivity index (χ3n) is 3.92. The van der Waals surface area contributed by atoms with Crippen LogP contribution in [-0.4, -0.2) is 27.9 Å². The van der Waals surface area contributed by atoms with Crippen molar-refractivity contribution in [1.82, 2.24) is 4.57 Å². The Morgan fingerprint density at radius 1 is 1.07 bits per heavy atom. The number of aliphatic carboxylic acids is 1. The van der Waals surface area contributed by atoms with Crippen molar-refractivity contribution < 1.29 is 19.7 Å². The number of nitrogens with zero attached hydrogens (tertiary/aromatic N) is 1. The summed E-state index contributed by atoms with van der Waals surface area (Å²) in [6.07, 6.45) is 4.14. The van der Waals surface area contributed by atoms with E-state index in [9.17, 15) is 5.11 Å². The second-order valence-corrected chi connectivity index (χ2v) is 7.59. The number of rotatable bonds is 2. The summed E-state index contributed by atoms with van der Waals surface area (Å²) in [7, 11) is 1.33. The van der Waals surface area contributed by atoms with Crippen molar-refractivity contribution in [2.75, 3.05) is 7.11 Å². The molecule has 0 saturated carbocycles. The van der Waals surface area contributed by atoms with Crippen molar-refractivity contribution in [2.45, 2.75) is 16.7 Å². The zero-order chi connectivity index (χ0) is 19.4. The average molecular weight is 382 g/mol. The third-order valence-corrected chi connectivity index (χ3v) is 5.97. The van der Waals surface area contributed by atoms with E-state index in [1.165, 1.54) is 0 Å². The summed E-state index contributed by atoms with van der Waals surface area (Å²) >= 11 is 0. The highest BCUT2D eigenvalue weighted by Gasteiger charge is 2.21. The van der Waals surface area contributed by atoms with Gasteiger partial charge in [0.2, 0.25) is 0 Å². The molecular weight excluding hydrogens is 362 g/mol. The molecule has 1 aliphatic heterocycles. The van der Waals surface area contributed by atoms with Gasteiger partial charge in [0.25, 0.3) is 5.97 Å². The van der Waals surface area contributed by atoms with E-state index in [1.54, 1.807) is 13.2 Å². The molecule has 3 aromatic rings. The van der Waals surface area contributed by atoms with Crippen LogP contribution >= 0.6 is 10.9 Å². The SMILES string of the molecule is CC(=O)O.COc1ccc([S]2C=Cc3cccn3-c3cccc(O)c32)cc1. The van der Waals surface area contributed by atoms with Crippen molar-refractivity contribution in [1.29, 1.82) is 0 Å². The summed E-state index contributed by atoms with van der Waals surface area (Å²) in [5.74, 6) is 0.327. The second kappa shape index (κ2) is 8.05. The number of benzene rings is 2. The van der Waals surface area contributed by atoms with Crippen LogP contribution in [0.5, 0.6) is 11.5 Å². The lowest BCUT2D eigenvalue weighted by atomic mass is 10.3. The van der Waals surface area contributed by atoms with Crippen molar-refractivity contribution >= 4 is 22.9 Å². The van der Waals surface area contributed by atoms with E-state index in [2.05, 4.69) is 40.3 Å². The van der Waals surface area contributed by atoms with E-state index in [1.807, 2.05) is 30.5 Å². The highest BCUT2D eigenvalue weighted by molar-refractivity contribution is 8.20. The minimum atomic E-state index is -0.833. The smallest absolute Gasteiger partial charge is 0.300 e. The normalized spacial score (nSPS) is 12.2. The minimum Gasteiger partial charge on any atom is -0.507 e. The first-order valence-electron chi connectivity index (χ1n) is 8.26. The molecule has 0 amide bonds. The van der Waals surface area contributed by atoms with E-state index in [4.69, 9.17) is 14.6 Å². The predicted octanol–water partition coefficient (Wildman–Crippen LogP) is 4.95. The molecule has 2 aromatic carbocycles. The number of aromatic nitrogens is 1. The van der Waals surface area contributed by atoms with Crippen LogP contribution in [-0.2, 0) is 4.79 Å². The summed E-state index contributed by atoms with van der Waals surface area (Å²) in [5, 5.41) is 20.1. The Morgan fingerprint density at radius 3 is 2.44 bits per heavy atom. The van der Waals surface area contributed by atoms with Gasteiger partial charge in [0.15, 0.2) is 0 Å². The van der Waals surface area contributed by atoms with Gasteiger partial charge in [-0.15, -0.1) is 10.9 Å². The Bertz CT molecular complexity index is 972. The average Bonchev–Trinajstić information content (AvgIpc) is 3.05. The number of carboxylic acid groups (broad SMARTS) is 1. The molecule has 139 valence electrons. The number of carboxylic acids is 1. The molecule has 5 nitrogen and oxygen atoms in total. The minimum absolute atomic E-state index is 0.327. The number of aromatic hydroxyl groups is 1. The van der Waals surface area contributed by atoms with Crippen LogP contribution in [0.4, 0.5) is 0 Å². The molecule has 0 fully saturated rings. The summed E-state index contributed by atoms with van der Waals surface area (Å²) in [4.78, 5) is 11.1. The van der Waals surface area contributed by atoms with Gasteiger partial charge in [0.05, 0.1) is 17.7 Å². The number of hydrogen-bond acceptors (Lipinski definition) is 3. The topological polar surface area (TPSA) is 71.7 Å². The number of fused-ring (bicyclic) bond motifs is 3. The van der Waals surface area contributed by atoms with Gasteiger partial charge in [-0.05, 0) is 60.0 Å². The first-order valence-corrected chi connectivity index (χ1v) is 9.54. The maximum Gasteiger partial charge on any atom is 0.300 e. The third kappa shape index (κ3) is 4.01. The molecule has 0 atom stereocenters. The summed E-state index contributed by atoms with van der Waals surface area (Å²) in [6, 6.07) is 17.8. The molecule has 0 unspecified atom stereocenters. The lowest BCUT2D eigenvalue weighted by molar-refractivity contribution is -0.134. The van der Waals surface area contributed by atoms with E-state index in [0.29, 0.717) is 5.75 Å². The molecular formula is C21H20NO4S. The highest BCUT2D eigenvalue weighted by Crippen LogP contribution is 2.54. The maximum atomic E-state index is 10.5. The van der Waals surface area contributed by atoms with E-state index in [0.717, 1.165) is 33.8 Å². The van der Waals surface area contributed by atoms with E-state index < -0.39 is 5.97 Å². The van der Waals surface area contributed by atoms with Gasteiger partial charge in [-0.1, -0.05) is 6.07 Å². The van der Waals surface area contributed by atoms with Crippen molar-refractivity contribution in [3.05, 3.63) is 71.9 Å². The predicted molar refractivity (Wildman–Crippen MR) is 107 cm³/mol. The van der Waals surface area contributed by atoms with Gasteiger partial charge in [0.1, 0.15) is 11.5 Å². The lowest BCUT2D eigenvalue weighted by Gasteiger charge is -2.20. The standard InChI is InChI=1S/C19H16NO2S.C2H4O2/c1-22-15-7-9-16(10-8-15)23-13-11-14-4-3-12-20(14)17-5-2-6-18(21)19(17)23;1-2(3)4/h2-13,21H,1H3;1H3,(H,3,4). The van der Waals surface area contributed by atoms with Crippen LogP contribution in [0.3, 0.4) is 0 Å². The van der Waals surface area contributed by atoms with Crippen LogP contribution in [0.15, 0.2) is 76.0 Å². The summed E-state index contributed by atoms with van der Waals surface area (Å²) in [6.45, 7) is 1.08. The molecule has 4 rings (SSSR count). The number of hydrogen-bond donors (Lipinski definition) is 2. The van der Waals surface area contributed by atoms with Gasteiger partial charge >= 0.3 is 0 Å². The van der Waals surface area contributed by atoms with E-state index in [-0.39, 0.29) is 10.9 Å². The Labute approximate surface area is 160 Å². The van der Waals surface area contributed by atoms with Crippen LogP contribution < -0.4 is 4.74 Å². The first kappa shape index (κ1) is 18.7. The number of ether oxygens (including phenoxy) is 1. The number of phenolic OH excluding ortho intramolecular Hbond substituents is 1. The Kier molecular flexibility index (Phi) is 5.57. The van der Waals surface area contributed by atoms with Crippen molar-refractivity contribution in [3.8, 4) is 17.2 Å². The van der Waals surface area contributed by atoms with E-state index >= 15 is 0 Å². The Hall–Kier alpha value is -3.12. The maximum absolute atomic E-state index is 10.5. The molecule has 2 heterocycles. The monoisotopic (exact) mass is 382 g/mol. The summed E-state index contributed by atoms with van der Waals surface area (Å²) < 4.78 is 7.36. The molecule has 2 N–H and O–H groups in total. The molecule has 6 heteroatoms. The number of methoxy groups -OCH3 is 1. The van der Waals surface area contributed by atoms with Crippen LogP contribution in [0.25, 0.3) is 11.8 Å². The number of carbonyl (C=O) groups is 1. The number of phenols is 1. The molecule has 1 aromatic heterocycles. The zero-order valence-corrected chi connectivity index (χ0v) is 15.8. The van der Waals surface area contributed by atoms with Crippen LogP contribution in [0.2, 0.25) is 0 Å². The Morgan fingerprint density at radius 2 is 1.78 bits per heavy atom. The molecule has 0 bridgehead atoms. The fourth-order valence-corrected chi connectivity index (χ4v) is 4.72. The lowest BCUT2D eigenvalue weighted by Crippen LogP contribution is -1.97. The molecule has 0 saturated heterocycles. The second-order valence-electron chi connectivity index (χ2n) is 5.76. The zero-order valence-electron chi connectivity index (χ0n) is 15.0. The quantitative estimate of drug-likeness (QED) is 0.658. The largest absolute Gasteiger partial charge is 0.507 e. The van der Waals surface area contributed by atoms with Gasteiger partial charge in [0, 0.05) is 23.7 Å². The van der Waals surface area contributed by atoms with Crippen molar-refractivity contribution in [2.24, 2.45) is 0 Å². The van der Waals surface area contributed by atoms with Crippen LogP contribution in [0, 0.1) is 0 Å². The highest BCUT2D eigenvalue weighted by atomic mass is 32.2. The van der Waals surface area contributed by atoms with Gasteiger partial charge < -0.3 is 19.5 Å². The fourth-order valence-electron chi connectivity index (χ4n) is 2.80. The molecule has 1 aliphatic rings. The first-order chi connectivity index (χ1) is 13.0. The Balaban J connectivity index is 0.000000481.